The monoisotopic (exact) mass is 208 g/mol. The zero-order chi connectivity index (χ0) is 10.7. The van der Waals surface area contributed by atoms with Crippen molar-refractivity contribution in [1.29, 1.82) is 0 Å². The molecule has 82 valence electrons. The molecule has 0 aromatic carbocycles. The van der Waals surface area contributed by atoms with Crippen molar-refractivity contribution in [2.45, 2.75) is 19.1 Å². The van der Waals surface area contributed by atoms with Gasteiger partial charge in [-0.15, -0.1) is 0 Å². The van der Waals surface area contributed by atoms with E-state index in [-0.39, 0.29) is 11.2 Å². The Balaban J connectivity index is 1.83. The average molecular weight is 208 g/mol. The molecule has 0 unspecified atom stereocenters. The molecule has 15 heavy (non-hydrogen) atoms. The van der Waals surface area contributed by atoms with Crippen LogP contribution in [0.4, 0.5) is 0 Å². The highest BCUT2D eigenvalue weighted by Crippen LogP contribution is 2.14. The zero-order valence-corrected chi connectivity index (χ0v) is 8.90. The second-order valence-electron chi connectivity index (χ2n) is 4.13. The summed E-state index contributed by atoms with van der Waals surface area (Å²) in [5.41, 5.74) is -0.00346. The Morgan fingerprint density at radius 1 is 1.53 bits per heavy atom. The smallest absolute Gasteiger partial charge is 0.250 e. The van der Waals surface area contributed by atoms with Gasteiger partial charge >= 0.3 is 0 Å². The molecule has 1 saturated heterocycles. The molecule has 1 aromatic rings. The van der Waals surface area contributed by atoms with Crippen LogP contribution in [-0.4, -0.2) is 29.9 Å². The van der Waals surface area contributed by atoms with Crippen LogP contribution in [-0.2, 0) is 11.3 Å². The van der Waals surface area contributed by atoms with Gasteiger partial charge in [0, 0.05) is 31.9 Å². The maximum Gasteiger partial charge on any atom is 0.250 e. The first kappa shape index (κ1) is 10.4. The SMILES string of the molecule is CC1(OCCn2ccccc2=O)CNC1. The number of nitrogens with one attached hydrogen (secondary N) is 1. The van der Waals surface area contributed by atoms with Crippen LogP contribution in [0.1, 0.15) is 6.92 Å². The van der Waals surface area contributed by atoms with Crippen LogP contribution in [0.3, 0.4) is 0 Å². The lowest BCUT2D eigenvalue weighted by atomic mass is 10.0. The molecule has 1 fully saturated rings. The first-order valence-electron chi connectivity index (χ1n) is 5.20. The number of ether oxygens (including phenoxy) is 1. The van der Waals surface area contributed by atoms with E-state index in [1.165, 1.54) is 0 Å². The number of hydrogen-bond acceptors (Lipinski definition) is 3. The van der Waals surface area contributed by atoms with E-state index in [1.54, 1.807) is 22.9 Å². The molecule has 1 N–H and O–H groups in total. The number of nitrogens with zero attached hydrogens (tertiary/aromatic N) is 1. The fourth-order valence-electron chi connectivity index (χ4n) is 1.61. The summed E-state index contributed by atoms with van der Waals surface area (Å²) in [6.45, 7) is 5.09. The highest BCUT2D eigenvalue weighted by atomic mass is 16.5. The molecule has 2 heterocycles. The molecule has 1 aliphatic heterocycles. The molecule has 1 aliphatic rings. The summed E-state index contributed by atoms with van der Waals surface area (Å²) in [7, 11) is 0. The zero-order valence-electron chi connectivity index (χ0n) is 8.90. The van der Waals surface area contributed by atoms with Crippen molar-refractivity contribution in [2.24, 2.45) is 0 Å². The Kier molecular flexibility index (Phi) is 2.88. The molecule has 0 amide bonds. The Morgan fingerprint density at radius 3 is 2.93 bits per heavy atom. The molecule has 0 radical (unpaired) electrons. The fraction of sp³-hybridized carbons (Fsp3) is 0.545. The molecule has 0 saturated carbocycles. The van der Waals surface area contributed by atoms with E-state index in [1.807, 2.05) is 6.07 Å². The number of aromatic nitrogens is 1. The van der Waals surface area contributed by atoms with Crippen LogP contribution < -0.4 is 10.9 Å². The number of rotatable bonds is 4. The van der Waals surface area contributed by atoms with Gasteiger partial charge in [0.15, 0.2) is 0 Å². The summed E-state index contributed by atoms with van der Waals surface area (Å²) < 4.78 is 7.36. The summed E-state index contributed by atoms with van der Waals surface area (Å²) in [6, 6.07) is 5.16. The van der Waals surface area contributed by atoms with Gasteiger partial charge in [-0.25, -0.2) is 0 Å². The van der Waals surface area contributed by atoms with Crippen LogP contribution in [0.2, 0.25) is 0 Å². The fourth-order valence-corrected chi connectivity index (χ4v) is 1.61. The lowest BCUT2D eigenvalue weighted by Crippen LogP contribution is -2.59. The normalized spacial score (nSPS) is 18.5. The largest absolute Gasteiger partial charge is 0.371 e. The predicted octanol–water partition coefficient (Wildman–Crippen LogP) is 0.227. The van der Waals surface area contributed by atoms with Crippen molar-refractivity contribution < 1.29 is 4.74 Å². The summed E-state index contributed by atoms with van der Waals surface area (Å²) >= 11 is 0. The van der Waals surface area contributed by atoms with Crippen molar-refractivity contribution in [3.63, 3.8) is 0 Å². The van der Waals surface area contributed by atoms with Gasteiger partial charge in [0.05, 0.1) is 12.2 Å². The van der Waals surface area contributed by atoms with E-state index in [4.69, 9.17) is 4.74 Å². The average Bonchev–Trinajstić information content (AvgIpc) is 2.18. The lowest BCUT2D eigenvalue weighted by Gasteiger charge is -2.39. The molecule has 0 atom stereocenters. The summed E-state index contributed by atoms with van der Waals surface area (Å²) in [5, 5.41) is 3.17. The van der Waals surface area contributed by atoms with E-state index in [0.29, 0.717) is 13.2 Å². The third kappa shape index (κ3) is 2.46. The minimum absolute atomic E-state index is 0.0259. The maximum absolute atomic E-state index is 11.4. The third-order valence-corrected chi connectivity index (χ3v) is 2.68. The van der Waals surface area contributed by atoms with Crippen LogP contribution in [0, 0.1) is 0 Å². The molecule has 4 nitrogen and oxygen atoms in total. The first-order chi connectivity index (χ1) is 7.20. The standard InChI is InChI=1S/C11H16N2O2/c1-11(8-12-9-11)15-7-6-13-5-3-2-4-10(13)14/h2-5,12H,6-9H2,1H3. The second kappa shape index (κ2) is 4.16. The summed E-state index contributed by atoms with van der Waals surface area (Å²) in [6.07, 6.45) is 1.78. The lowest BCUT2D eigenvalue weighted by molar-refractivity contribution is -0.0693. The van der Waals surface area contributed by atoms with Crippen LogP contribution >= 0.6 is 0 Å². The molecule has 0 spiro atoms. The highest BCUT2D eigenvalue weighted by molar-refractivity contribution is 4.93. The van der Waals surface area contributed by atoms with Crippen molar-refractivity contribution in [1.82, 2.24) is 9.88 Å². The minimum Gasteiger partial charge on any atom is -0.371 e. The second-order valence-corrected chi connectivity index (χ2v) is 4.13. The van der Waals surface area contributed by atoms with Crippen molar-refractivity contribution in [2.75, 3.05) is 19.7 Å². The Labute approximate surface area is 88.9 Å². The van der Waals surface area contributed by atoms with Crippen molar-refractivity contribution >= 4 is 0 Å². The Hall–Kier alpha value is -1.13. The number of pyridine rings is 1. The van der Waals surface area contributed by atoms with E-state index in [0.717, 1.165) is 13.1 Å². The molecule has 4 heteroatoms. The molecule has 1 aromatic heterocycles. The van der Waals surface area contributed by atoms with Gasteiger partial charge in [-0.3, -0.25) is 4.79 Å². The number of hydrogen-bond donors (Lipinski definition) is 1. The van der Waals surface area contributed by atoms with E-state index >= 15 is 0 Å². The molecule has 0 bridgehead atoms. The van der Waals surface area contributed by atoms with Crippen molar-refractivity contribution in [3.8, 4) is 0 Å². The van der Waals surface area contributed by atoms with Gasteiger partial charge in [0.25, 0.3) is 5.56 Å². The van der Waals surface area contributed by atoms with Gasteiger partial charge in [-0.05, 0) is 13.0 Å². The van der Waals surface area contributed by atoms with Crippen LogP contribution in [0.5, 0.6) is 0 Å². The minimum atomic E-state index is -0.0294. The summed E-state index contributed by atoms with van der Waals surface area (Å²) in [5.74, 6) is 0. The summed E-state index contributed by atoms with van der Waals surface area (Å²) in [4.78, 5) is 11.4. The van der Waals surface area contributed by atoms with Gasteiger partial charge in [-0.2, -0.15) is 0 Å². The van der Waals surface area contributed by atoms with Gasteiger partial charge in [0.2, 0.25) is 0 Å². The Bertz CT molecular complexity index is 382. The quantitative estimate of drug-likeness (QED) is 0.770. The topological polar surface area (TPSA) is 43.3 Å². The van der Waals surface area contributed by atoms with E-state index in [9.17, 15) is 4.79 Å². The Morgan fingerprint density at radius 2 is 2.33 bits per heavy atom. The van der Waals surface area contributed by atoms with Gasteiger partial charge < -0.3 is 14.6 Å². The van der Waals surface area contributed by atoms with E-state index < -0.39 is 0 Å². The molecule has 0 aliphatic carbocycles. The van der Waals surface area contributed by atoms with Gasteiger partial charge in [-0.1, -0.05) is 6.07 Å². The highest BCUT2D eigenvalue weighted by Gasteiger charge is 2.32. The third-order valence-electron chi connectivity index (χ3n) is 2.68. The first-order valence-corrected chi connectivity index (χ1v) is 5.20. The molecular formula is C11H16N2O2. The van der Waals surface area contributed by atoms with Gasteiger partial charge in [0.1, 0.15) is 0 Å². The maximum atomic E-state index is 11.4. The molecule has 2 rings (SSSR count). The molecular weight excluding hydrogens is 192 g/mol. The van der Waals surface area contributed by atoms with Crippen LogP contribution in [0.15, 0.2) is 29.2 Å². The van der Waals surface area contributed by atoms with E-state index in [2.05, 4.69) is 12.2 Å². The predicted molar refractivity (Wildman–Crippen MR) is 57.9 cm³/mol. The van der Waals surface area contributed by atoms with Crippen molar-refractivity contribution in [3.05, 3.63) is 34.7 Å². The van der Waals surface area contributed by atoms with Crippen LogP contribution in [0.25, 0.3) is 0 Å².